The van der Waals surface area contributed by atoms with Crippen molar-refractivity contribution in [2.24, 2.45) is 0 Å². The second kappa shape index (κ2) is 8.12. The van der Waals surface area contributed by atoms with Gasteiger partial charge in [0.1, 0.15) is 5.82 Å². The lowest BCUT2D eigenvalue weighted by Gasteiger charge is -2.28. The van der Waals surface area contributed by atoms with Crippen LogP contribution in [0, 0.1) is 5.82 Å². The van der Waals surface area contributed by atoms with E-state index in [9.17, 15) is 14.3 Å². The Hall–Kier alpha value is -2.40. The van der Waals surface area contributed by atoms with Crippen LogP contribution in [0.4, 0.5) is 10.1 Å². The molecule has 1 fully saturated rings. The highest BCUT2D eigenvalue weighted by atomic mass is 19.1. The van der Waals surface area contributed by atoms with Crippen LogP contribution in [0.2, 0.25) is 0 Å². The fourth-order valence-corrected chi connectivity index (χ4v) is 3.12. The molecule has 1 atom stereocenters. The molecule has 3 rings (SSSR count). The molecule has 0 bridgehead atoms. The number of halogens is 1. The van der Waals surface area contributed by atoms with Crippen molar-refractivity contribution in [2.75, 3.05) is 24.5 Å². The van der Waals surface area contributed by atoms with E-state index in [1.165, 1.54) is 31.4 Å². The van der Waals surface area contributed by atoms with Crippen LogP contribution >= 0.6 is 0 Å². The first-order valence-corrected chi connectivity index (χ1v) is 8.71. The van der Waals surface area contributed by atoms with Crippen molar-refractivity contribution in [1.82, 2.24) is 5.32 Å². The van der Waals surface area contributed by atoms with E-state index in [4.69, 9.17) is 0 Å². The summed E-state index contributed by atoms with van der Waals surface area (Å²) < 4.78 is 13.6. The Morgan fingerprint density at radius 1 is 1.08 bits per heavy atom. The first-order valence-electron chi connectivity index (χ1n) is 8.71. The number of benzene rings is 2. The van der Waals surface area contributed by atoms with E-state index >= 15 is 0 Å². The van der Waals surface area contributed by atoms with Gasteiger partial charge in [-0.25, -0.2) is 4.39 Å². The lowest BCUT2D eigenvalue weighted by Crippen LogP contribution is -2.30. The van der Waals surface area contributed by atoms with Crippen LogP contribution < -0.4 is 10.2 Å². The van der Waals surface area contributed by atoms with Gasteiger partial charge in [-0.2, -0.15) is 0 Å². The maximum absolute atomic E-state index is 13.6. The molecule has 25 heavy (non-hydrogen) atoms. The van der Waals surface area contributed by atoms with Crippen LogP contribution in [0.5, 0.6) is 0 Å². The van der Waals surface area contributed by atoms with Crippen molar-refractivity contribution in [3.05, 3.63) is 65.5 Å². The maximum Gasteiger partial charge on any atom is 0.251 e. The minimum absolute atomic E-state index is 0.0341. The lowest BCUT2D eigenvalue weighted by atomic mass is 10.1. The summed E-state index contributed by atoms with van der Waals surface area (Å²) in [4.78, 5) is 14.5. The molecule has 1 saturated heterocycles. The molecule has 0 saturated carbocycles. The molecule has 0 spiro atoms. The summed E-state index contributed by atoms with van der Waals surface area (Å²) in [5.41, 5.74) is 1.84. The van der Waals surface area contributed by atoms with Crippen molar-refractivity contribution < 1.29 is 14.3 Å². The molecule has 1 amide bonds. The molecule has 1 aliphatic heterocycles. The van der Waals surface area contributed by atoms with E-state index in [0.717, 1.165) is 18.8 Å². The number of piperidine rings is 1. The molecule has 5 heteroatoms. The van der Waals surface area contributed by atoms with E-state index < -0.39 is 11.9 Å². The number of amides is 1. The zero-order chi connectivity index (χ0) is 17.6. The van der Waals surface area contributed by atoms with Gasteiger partial charge in [0.2, 0.25) is 0 Å². The summed E-state index contributed by atoms with van der Waals surface area (Å²) in [6, 6.07) is 13.5. The van der Waals surface area contributed by atoms with E-state index in [1.54, 1.807) is 24.3 Å². The van der Waals surface area contributed by atoms with E-state index in [1.807, 2.05) is 12.1 Å². The van der Waals surface area contributed by atoms with Crippen LogP contribution in [0.3, 0.4) is 0 Å². The molecule has 2 aromatic rings. The molecule has 2 N–H and O–H groups in total. The summed E-state index contributed by atoms with van der Waals surface area (Å²) in [5, 5.41) is 12.7. The fourth-order valence-electron chi connectivity index (χ4n) is 3.12. The quantitative estimate of drug-likeness (QED) is 0.877. The Morgan fingerprint density at radius 3 is 2.44 bits per heavy atom. The summed E-state index contributed by atoms with van der Waals surface area (Å²) >= 11 is 0. The molecular weight excluding hydrogens is 319 g/mol. The third-order valence-electron chi connectivity index (χ3n) is 4.57. The smallest absolute Gasteiger partial charge is 0.251 e. The van der Waals surface area contributed by atoms with Crippen LogP contribution in [-0.2, 0) is 0 Å². The summed E-state index contributed by atoms with van der Waals surface area (Å²) in [7, 11) is 0. The number of carbonyl (C=O) groups is 1. The van der Waals surface area contributed by atoms with Crippen molar-refractivity contribution in [1.29, 1.82) is 0 Å². The van der Waals surface area contributed by atoms with E-state index in [-0.39, 0.29) is 18.0 Å². The predicted molar refractivity (Wildman–Crippen MR) is 96.2 cm³/mol. The van der Waals surface area contributed by atoms with Gasteiger partial charge in [-0.15, -0.1) is 0 Å². The lowest BCUT2D eigenvalue weighted by molar-refractivity contribution is 0.0914. The number of hydrogen-bond donors (Lipinski definition) is 2. The highest BCUT2D eigenvalue weighted by Crippen LogP contribution is 2.20. The fraction of sp³-hybridized carbons (Fsp3) is 0.350. The normalized spacial score (nSPS) is 15.7. The van der Waals surface area contributed by atoms with Gasteiger partial charge in [-0.1, -0.05) is 18.2 Å². The summed E-state index contributed by atoms with van der Waals surface area (Å²) in [5.74, 6) is -0.754. The molecule has 132 valence electrons. The number of aliphatic hydroxyl groups is 1. The van der Waals surface area contributed by atoms with Crippen molar-refractivity contribution >= 4 is 11.6 Å². The Morgan fingerprint density at radius 2 is 1.76 bits per heavy atom. The number of carbonyl (C=O) groups excluding carboxylic acids is 1. The Balaban J connectivity index is 1.57. The maximum atomic E-state index is 13.6. The van der Waals surface area contributed by atoms with Crippen molar-refractivity contribution in [2.45, 2.75) is 25.4 Å². The van der Waals surface area contributed by atoms with Gasteiger partial charge in [0.25, 0.3) is 5.91 Å². The average molecular weight is 342 g/mol. The Kier molecular flexibility index (Phi) is 5.66. The standard InChI is InChI=1S/C20H23FN2O2/c21-18-7-3-2-6-17(18)19(24)14-22-20(25)15-8-10-16(11-9-15)23-12-4-1-5-13-23/h2-3,6-11,19,24H,1,4-5,12-14H2,(H,22,25). The molecule has 1 aliphatic rings. The summed E-state index contributed by atoms with van der Waals surface area (Å²) in [6.07, 6.45) is 2.62. The Labute approximate surface area is 147 Å². The number of anilines is 1. The molecule has 4 nitrogen and oxygen atoms in total. The number of nitrogens with one attached hydrogen (secondary N) is 1. The monoisotopic (exact) mass is 342 g/mol. The van der Waals surface area contributed by atoms with Crippen molar-refractivity contribution in [3.8, 4) is 0 Å². The molecule has 2 aromatic carbocycles. The minimum atomic E-state index is -1.07. The first kappa shape index (κ1) is 17.4. The van der Waals surface area contributed by atoms with Gasteiger partial charge in [0.05, 0.1) is 6.10 Å². The molecule has 1 unspecified atom stereocenters. The third kappa shape index (κ3) is 4.37. The number of aliphatic hydroxyl groups excluding tert-OH is 1. The topological polar surface area (TPSA) is 52.6 Å². The van der Waals surface area contributed by atoms with Crippen LogP contribution in [0.1, 0.15) is 41.3 Å². The predicted octanol–water partition coefficient (Wildman–Crippen LogP) is 3.28. The second-order valence-corrected chi connectivity index (χ2v) is 6.34. The second-order valence-electron chi connectivity index (χ2n) is 6.34. The average Bonchev–Trinajstić information content (AvgIpc) is 2.67. The summed E-state index contributed by atoms with van der Waals surface area (Å²) in [6.45, 7) is 2.08. The molecule has 0 aromatic heterocycles. The number of hydrogen-bond acceptors (Lipinski definition) is 3. The van der Waals surface area contributed by atoms with Gasteiger partial charge in [-0.3, -0.25) is 4.79 Å². The van der Waals surface area contributed by atoms with Gasteiger partial charge in [0, 0.05) is 36.4 Å². The zero-order valence-corrected chi connectivity index (χ0v) is 14.1. The van der Waals surface area contributed by atoms with E-state index in [2.05, 4.69) is 10.2 Å². The largest absolute Gasteiger partial charge is 0.386 e. The van der Waals surface area contributed by atoms with Gasteiger partial charge >= 0.3 is 0 Å². The van der Waals surface area contributed by atoms with Gasteiger partial charge < -0.3 is 15.3 Å². The van der Waals surface area contributed by atoms with Gasteiger partial charge in [0.15, 0.2) is 0 Å². The zero-order valence-electron chi connectivity index (χ0n) is 14.1. The molecular formula is C20H23FN2O2. The van der Waals surface area contributed by atoms with Gasteiger partial charge in [-0.05, 0) is 49.6 Å². The highest BCUT2D eigenvalue weighted by Gasteiger charge is 2.15. The van der Waals surface area contributed by atoms with Crippen LogP contribution in [0.25, 0.3) is 0 Å². The highest BCUT2D eigenvalue weighted by molar-refractivity contribution is 5.94. The van der Waals surface area contributed by atoms with Crippen LogP contribution in [-0.4, -0.2) is 30.6 Å². The molecule has 1 heterocycles. The molecule has 0 radical (unpaired) electrons. The van der Waals surface area contributed by atoms with Crippen molar-refractivity contribution in [3.63, 3.8) is 0 Å². The third-order valence-corrected chi connectivity index (χ3v) is 4.57. The Bertz CT molecular complexity index is 712. The SMILES string of the molecule is O=C(NCC(O)c1ccccc1F)c1ccc(N2CCCCC2)cc1. The first-order chi connectivity index (χ1) is 12.1. The minimum Gasteiger partial charge on any atom is -0.386 e. The van der Waals surface area contributed by atoms with Crippen LogP contribution in [0.15, 0.2) is 48.5 Å². The van der Waals surface area contributed by atoms with E-state index in [0.29, 0.717) is 5.56 Å². The number of rotatable bonds is 5. The number of nitrogens with zero attached hydrogens (tertiary/aromatic N) is 1. The molecule has 0 aliphatic carbocycles.